The quantitative estimate of drug-likeness (QED) is 0.873. The van der Waals surface area contributed by atoms with Gasteiger partial charge in [0.25, 0.3) is 0 Å². The molecule has 4 nitrogen and oxygen atoms in total. The van der Waals surface area contributed by atoms with Crippen LogP contribution in [0.1, 0.15) is 39.4 Å². The first-order valence-corrected chi connectivity index (χ1v) is 6.40. The van der Waals surface area contributed by atoms with Crippen LogP contribution in [0.5, 0.6) is 0 Å². The van der Waals surface area contributed by atoms with Gasteiger partial charge in [-0.2, -0.15) is 0 Å². The van der Waals surface area contributed by atoms with Gasteiger partial charge in [-0.3, -0.25) is 0 Å². The average Bonchev–Trinajstić information content (AvgIpc) is 2.61. The average molecular weight is 238 g/mol. The molecule has 0 radical (unpaired) electrons. The molecule has 0 saturated carbocycles. The summed E-state index contributed by atoms with van der Waals surface area (Å²) in [5, 5.41) is 10.7. The molecular weight excluding hydrogens is 216 g/mol. The Morgan fingerprint density at radius 3 is 2.71 bits per heavy atom. The molecule has 2 unspecified atom stereocenters. The molecule has 1 N–H and O–H groups in total. The third-order valence-corrected chi connectivity index (χ3v) is 3.43. The molecule has 2 atom stereocenters. The normalized spacial score (nSPS) is 33.9. The number of nitrogens with zero attached hydrogens (tertiary/aromatic N) is 2. The maximum atomic E-state index is 10.7. The van der Waals surface area contributed by atoms with Crippen molar-refractivity contribution < 1.29 is 9.84 Å². The molecule has 0 amide bonds. The Balaban J connectivity index is 2.11. The van der Waals surface area contributed by atoms with Gasteiger partial charge in [-0.25, -0.2) is 4.98 Å². The smallest absolute Gasteiger partial charge is 0.111 e. The van der Waals surface area contributed by atoms with Gasteiger partial charge in [-0.15, -0.1) is 0 Å². The third kappa shape index (κ3) is 2.87. The Hall–Kier alpha value is -0.870. The number of aliphatic hydroxyl groups is 1. The van der Waals surface area contributed by atoms with Gasteiger partial charge in [-0.1, -0.05) is 0 Å². The summed E-state index contributed by atoms with van der Waals surface area (Å²) in [5.41, 5.74) is -0.671. The summed E-state index contributed by atoms with van der Waals surface area (Å²) in [6.45, 7) is 7.03. The van der Waals surface area contributed by atoms with Gasteiger partial charge in [0.1, 0.15) is 5.82 Å². The molecule has 1 aliphatic rings. The zero-order valence-electron chi connectivity index (χ0n) is 10.9. The molecule has 4 heteroatoms. The molecule has 2 heterocycles. The van der Waals surface area contributed by atoms with Crippen LogP contribution in [-0.4, -0.2) is 32.5 Å². The van der Waals surface area contributed by atoms with E-state index in [1.807, 2.05) is 20.0 Å². The summed E-state index contributed by atoms with van der Waals surface area (Å²) < 4.78 is 7.76. The van der Waals surface area contributed by atoms with E-state index >= 15 is 0 Å². The van der Waals surface area contributed by atoms with Crippen LogP contribution in [0.25, 0.3) is 0 Å². The summed E-state index contributed by atoms with van der Waals surface area (Å²) in [5.74, 6) is 0.969. The molecule has 17 heavy (non-hydrogen) atoms. The molecule has 1 aromatic heterocycles. The van der Waals surface area contributed by atoms with Crippen LogP contribution in [-0.2, 0) is 17.7 Å². The second kappa shape index (κ2) is 4.78. The monoisotopic (exact) mass is 238 g/mol. The lowest BCUT2D eigenvalue weighted by Crippen LogP contribution is -2.45. The highest BCUT2D eigenvalue weighted by Gasteiger charge is 2.37. The molecular formula is C13H22N2O2. The topological polar surface area (TPSA) is 47.3 Å². The van der Waals surface area contributed by atoms with Crippen molar-refractivity contribution in [1.82, 2.24) is 9.55 Å². The predicted molar refractivity (Wildman–Crippen MR) is 65.8 cm³/mol. The van der Waals surface area contributed by atoms with Crippen molar-refractivity contribution in [3.8, 4) is 0 Å². The lowest BCUT2D eigenvalue weighted by molar-refractivity contribution is -0.131. The lowest BCUT2D eigenvalue weighted by Gasteiger charge is -2.39. The van der Waals surface area contributed by atoms with Crippen molar-refractivity contribution in [2.75, 3.05) is 0 Å². The Kier molecular flexibility index (Phi) is 3.54. The molecule has 1 aromatic rings. The van der Waals surface area contributed by atoms with Gasteiger partial charge in [0.05, 0.1) is 17.8 Å². The first-order chi connectivity index (χ1) is 8.02. The fourth-order valence-electron chi connectivity index (χ4n) is 2.88. The SMILES string of the molecule is CCn1ccnc1CC1(O)CC(C)OC(C)C1. The van der Waals surface area contributed by atoms with Crippen molar-refractivity contribution in [1.29, 1.82) is 0 Å². The van der Waals surface area contributed by atoms with Crippen LogP contribution in [0.4, 0.5) is 0 Å². The number of hydrogen-bond acceptors (Lipinski definition) is 3. The predicted octanol–water partition coefficient (Wildman–Crippen LogP) is 1.76. The fourth-order valence-corrected chi connectivity index (χ4v) is 2.88. The van der Waals surface area contributed by atoms with E-state index in [1.165, 1.54) is 0 Å². The number of imidazole rings is 1. The Labute approximate surface area is 103 Å². The zero-order chi connectivity index (χ0) is 12.5. The van der Waals surface area contributed by atoms with E-state index in [4.69, 9.17) is 4.74 Å². The van der Waals surface area contributed by atoms with Crippen molar-refractivity contribution >= 4 is 0 Å². The molecule has 0 aliphatic carbocycles. The minimum Gasteiger partial charge on any atom is -0.389 e. The number of aryl methyl sites for hydroxylation is 1. The maximum Gasteiger partial charge on any atom is 0.111 e. The van der Waals surface area contributed by atoms with E-state index in [9.17, 15) is 5.11 Å². The van der Waals surface area contributed by atoms with E-state index in [0.717, 1.165) is 12.4 Å². The van der Waals surface area contributed by atoms with Crippen molar-refractivity contribution in [2.45, 2.75) is 64.4 Å². The van der Waals surface area contributed by atoms with E-state index in [1.54, 1.807) is 6.20 Å². The highest BCUT2D eigenvalue weighted by molar-refractivity contribution is 5.01. The Morgan fingerprint density at radius 2 is 2.12 bits per heavy atom. The summed E-state index contributed by atoms with van der Waals surface area (Å²) in [6, 6.07) is 0. The summed E-state index contributed by atoms with van der Waals surface area (Å²) in [4.78, 5) is 4.34. The van der Waals surface area contributed by atoms with Gasteiger partial charge in [0, 0.05) is 38.2 Å². The Bertz CT molecular complexity index is 365. The van der Waals surface area contributed by atoms with Crippen LogP contribution in [0.15, 0.2) is 12.4 Å². The van der Waals surface area contributed by atoms with Crippen LogP contribution < -0.4 is 0 Å². The van der Waals surface area contributed by atoms with E-state index < -0.39 is 5.60 Å². The molecule has 1 fully saturated rings. The van der Waals surface area contributed by atoms with Gasteiger partial charge in [0.15, 0.2) is 0 Å². The van der Waals surface area contributed by atoms with Crippen LogP contribution in [0, 0.1) is 0 Å². The summed E-state index contributed by atoms with van der Waals surface area (Å²) in [6.07, 6.45) is 6.00. The van der Waals surface area contributed by atoms with Crippen molar-refractivity contribution in [3.05, 3.63) is 18.2 Å². The van der Waals surface area contributed by atoms with E-state index in [0.29, 0.717) is 19.3 Å². The highest BCUT2D eigenvalue weighted by atomic mass is 16.5. The Morgan fingerprint density at radius 1 is 1.47 bits per heavy atom. The number of rotatable bonds is 3. The number of hydrogen-bond donors (Lipinski definition) is 1. The highest BCUT2D eigenvalue weighted by Crippen LogP contribution is 2.31. The second-order valence-electron chi connectivity index (χ2n) is 5.20. The van der Waals surface area contributed by atoms with E-state index in [-0.39, 0.29) is 12.2 Å². The minimum atomic E-state index is -0.671. The van der Waals surface area contributed by atoms with Gasteiger partial charge < -0.3 is 14.4 Å². The zero-order valence-corrected chi connectivity index (χ0v) is 10.9. The van der Waals surface area contributed by atoms with Crippen molar-refractivity contribution in [3.63, 3.8) is 0 Å². The van der Waals surface area contributed by atoms with Crippen molar-refractivity contribution in [2.24, 2.45) is 0 Å². The molecule has 0 aromatic carbocycles. The molecule has 96 valence electrons. The van der Waals surface area contributed by atoms with Gasteiger partial charge >= 0.3 is 0 Å². The molecule has 1 saturated heterocycles. The second-order valence-corrected chi connectivity index (χ2v) is 5.20. The van der Waals surface area contributed by atoms with Crippen LogP contribution in [0.2, 0.25) is 0 Å². The van der Waals surface area contributed by atoms with Crippen LogP contribution >= 0.6 is 0 Å². The fraction of sp³-hybridized carbons (Fsp3) is 0.769. The molecule has 0 spiro atoms. The number of ether oxygens (including phenoxy) is 1. The van der Waals surface area contributed by atoms with Crippen LogP contribution in [0.3, 0.4) is 0 Å². The first kappa shape index (κ1) is 12.6. The minimum absolute atomic E-state index is 0.119. The van der Waals surface area contributed by atoms with Gasteiger partial charge in [0.2, 0.25) is 0 Å². The summed E-state index contributed by atoms with van der Waals surface area (Å²) in [7, 11) is 0. The molecule has 0 bridgehead atoms. The standard InChI is InChI=1S/C13H22N2O2/c1-4-15-6-5-14-12(15)9-13(16)7-10(2)17-11(3)8-13/h5-6,10-11,16H,4,7-9H2,1-3H3. The van der Waals surface area contributed by atoms with Gasteiger partial charge in [-0.05, 0) is 20.8 Å². The largest absolute Gasteiger partial charge is 0.389 e. The summed E-state index contributed by atoms with van der Waals surface area (Å²) >= 11 is 0. The van der Waals surface area contributed by atoms with E-state index in [2.05, 4.69) is 16.5 Å². The maximum absolute atomic E-state index is 10.7. The lowest BCUT2D eigenvalue weighted by atomic mass is 9.84. The first-order valence-electron chi connectivity index (χ1n) is 6.40. The molecule has 2 rings (SSSR count). The third-order valence-electron chi connectivity index (χ3n) is 3.43. The molecule has 1 aliphatic heterocycles. The number of aromatic nitrogens is 2.